The quantitative estimate of drug-likeness (QED) is 0.902. The molecule has 0 bridgehead atoms. The van der Waals surface area contributed by atoms with Crippen LogP contribution in [0.25, 0.3) is 0 Å². The monoisotopic (exact) mass is 333 g/mol. The van der Waals surface area contributed by atoms with E-state index in [2.05, 4.69) is 5.32 Å². The zero-order valence-electron chi connectivity index (χ0n) is 12.0. The van der Waals surface area contributed by atoms with Crippen molar-refractivity contribution in [1.82, 2.24) is 5.32 Å². The molecule has 1 amide bonds. The van der Waals surface area contributed by atoms with Gasteiger partial charge in [-0.15, -0.1) is 0 Å². The Morgan fingerprint density at radius 3 is 2.74 bits per heavy atom. The summed E-state index contributed by atoms with van der Waals surface area (Å²) < 4.78 is 13.8. The number of aryl methyl sites for hydroxylation is 1. The molecule has 1 unspecified atom stereocenters. The zero-order valence-corrected chi connectivity index (χ0v) is 12.7. The Labute approximate surface area is 136 Å². The van der Waals surface area contributed by atoms with Gasteiger partial charge in [-0.3, -0.25) is 4.79 Å². The Kier molecular flexibility index (Phi) is 4.05. The number of carboxylic acid groups (broad SMARTS) is 1. The van der Waals surface area contributed by atoms with E-state index < -0.39 is 17.7 Å². The third-order valence-electron chi connectivity index (χ3n) is 3.95. The molecule has 1 aliphatic carbocycles. The maximum absolute atomic E-state index is 13.8. The molecule has 0 radical (unpaired) electrons. The molecule has 23 heavy (non-hydrogen) atoms. The topological polar surface area (TPSA) is 66.4 Å². The molecule has 4 nitrogen and oxygen atoms in total. The predicted octanol–water partition coefficient (Wildman–Crippen LogP) is 3.59. The molecular formula is C17H13ClFNO3. The number of carbonyl (C=O) groups is 2. The highest BCUT2D eigenvalue weighted by Crippen LogP contribution is 2.32. The van der Waals surface area contributed by atoms with E-state index in [1.807, 2.05) is 0 Å². The third kappa shape index (κ3) is 3.05. The first kappa shape index (κ1) is 15.5. The number of hydrogen-bond acceptors (Lipinski definition) is 2. The first-order chi connectivity index (χ1) is 11.0. The van der Waals surface area contributed by atoms with Crippen LogP contribution in [0.1, 0.15) is 44.3 Å². The highest BCUT2D eigenvalue weighted by atomic mass is 35.5. The Hall–Kier alpha value is -2.40. The number of halogens is 2. The second-order valence-electron chi connectivity index (χ2n) is 5.41. The number of fused-ring (bicyclic) bond motifs is 1. The smallest absolute Gasteiger partial charge is 0.335 e. The standard InChI is InChI=1S/C17H13ClFNO3/c18-11-4-5-14(19)13(8-11)16(21)20-15-6-3-9-1-2-10(17(22)23)7-12(9)15/h1-2,4-5,7-8,15H,3,6H2,(H,20,21)(H,22,23). The molecule has 2 aromatic carbocycles. The summed E-state index contributed by atoms with van der Waals surface area (Å²) >= 11 is 5.80. The third-order valence-corrected chi connectivity index (χ3v) is 4.18. The summed E-state index contributed by atoms with van der Waals surface area (Å²) in [6, 6.07) is 8.31. The summed E-state index contributed by atoms with van der Waals surface area (Å²) in [7, 11) is 0. The molecule has 0 aliphatic heterocycles. The van der Waals surface area contributed by atoms with Crippen molar-refractivity contribution in [3.05, 3.63) is 69.5 Å². The van der Waals surface area contributed by atoms with Gasteiger partial charge < -0.3 is 10.4 Å². The van der Waals surface area contributed by atoms with Gasteiger partial charge in [0.25, 0.3) is 5.91 Å². The van der Waals surface area contributed by atoms with E-state index in [1.54, 1.807) is 18.2 Å². The first-order valence-electron chi connectivity index (χ1n) is 7.08. The van der Waals surface area contributed by atoms with Crippen LogP contribution in [0.15, 0.2) is 36.4 Å². The van der Waals surface area contributed by atoms with Crippen LogP contribution in [0.4, 0.5) is 4.39 Å². The van der Waals surface area contributed by atoms with Gasteiger partial charge in [-0.2, -0.15) is 0 Å². The van der Waals surface area contributed by atoms with Crippen LogP contribution in [-0.4, -0.2) is 17.0 Å². The van der Waals surface area contributed by atoms with E-state index in [0.29, 0.717) is 6.42 Å². The van der Waals surface area contributed by atoms with Crippen molar-refractivity contribution < 1.29 is 19.1 Å². The highest BCUT2D eigenvalue weighted by molar-refractivity contribution is 6.31. The van der Waals surface area contributed by atoms with E-state index in [4.69, 9.17) is 16.7 Å². The maximum atomic E-state index is 13.8. The number of rotatable bonds is 3. The largest absolute Gasteiger partial charge is 0.478 e. The molecule has 0 saturated heterocycles. The van der Waals surface area contributed by atoms with Crippen LogP contribution >= 0.6 is 11.6 Å². The van der Waals surface area contributed by atoms with E-state index in [9.17, 15) is 14.0 Å². The molecule has 0 fully saturated rings. The number of hydrogen-bond donors (Lipinski definition) is 2. The molecule has 6 heteroatoms. The summed E-state index contributed by atoms with van der Waals surface area (Å²) in [6.45, 7) is 0. The molecule has 2 aromatic rings. The Morgan fingerprint density at radius 2 is 2.00 bits per heavy atom. The van der Waals surface area contributed by atoms with Gasteiger partial charge in [-0.1, -0.05) is 17.7 Å². The number of nitrogens with one attached hydrogen (secondary N) is 1. The van der Waals surface area contributed by atoms with Crippen LogP contribution in [-0.2, 0) is 6.42 Å². The molecule has 0 heterocycles. The van der Waals surface area contributed by atoms with E-state index in [1.165, 1.54) is 12.1 Å². The number of carbonyl (C=O) groups excluding carboxylic acids is 1. The van der Waals surface area contributed by atoms with Gasteiger partial charge in [0.1, 0.15) is 5.82 Å². The predicted molar refractivity (Wildman–Crippen MR) is 83.3 cm³/mol. The van der Waals surface area contributed by atoms with Gasteiger partial charge in [0.05, 0.1) is 17.2 Å². The van der Waals surface area contributed by atoms with Crippen molar-refractivity contribution >= 4 is 23.5 Å². The number of amides is 1. The van der Waals surface area contributed by atoms with Crippen LogP contribution < -0.4 is 5.32 Å². The lowest BCUT2D eigenvalue weighted by Gasteiger charge is -2.15. The summed E-state index contributed by atoms with van der Waals surface area (Å²) in [5.74, 6) is -2.24. The van der Waals surface area contributed by atoms with Crippen molar-refractivity contribution in [3.63, 3.8) is 0 Å². The minimum Gasteiger partial charge on any atom is -0.478 e. The SMILES string of the molecule is O=C(O)c1ccc2c(c1)C(NC(=O)c1cc(Cl)ccc1F)CC2. The Bertz CT molecular complexity index is 806. The average molecular weight is 334 g/mol. The fourth-order valence-corrected chi connectivity index (χ4v) is 2.96. The average Bonchev–Trinajstić information content (AvgIpc) is 2.92. The van der Waals surface area contributed by atoms with Crippen molar-refractivity contribution in [2.24, 2.45) is 0 Å². The van der Waals surface area contributed by atoms with Crippen molar-refractivity contribution in [1.29, 1.82) is 0 Å². The van der Waals surface area contributed by atoms with Crippen molar-refractivity contribution in [2.75, 3.05) is 0 Å². The van der Waals surface area contributed by atoms with Gasteiger partial charge in [0.2, 0.25) is 0 Å². The molecule has 0 spiro atoms. The lowest BCUT2D eigenvalue weighted by atomic mass is 10.0. The Balaban J connectivity index is 1.86. The molecular weight excluding hydrogens is 321 g/mol. The van der Waals surface area contributed by atoms with Gasteiger partial charge >= 0.3 is 5.97 Å². The normalized spacial score (nSPS) is 16.0. The number of aromatic carboxylic acids is 1. The summed E-state index contributed by atoms with van der Waals surface area (Å²) in [6.07, 6.45) is 1.38. The molecule has 1 atom stereocenters. The fourth-order valence-electron chi connectivity index (χ4n) is 2.79. The lowest BCUT2D eigenvalue weighted by Crippen LogP contribution is -2.28. The fraction of sp³-hybridized carbons (Fsp3) is 0.176. The van der Waals surface area contributed by atoms with Crippen molar-refractivity contribution in [3.8, 4) is 0 Å². The van der Waals surface area contributed by atoms with Crippen molar-refractivity contribution in [2.45, 2.75) is 18.9 Å². The molecule has 0 saturated carbocycles. The number of carboxylic acids is 1. The first-order valence-corrected chi connectivity index (χ1v) is 7.45. The minimum atomic E-state index is -1.02. The second kappa shape index (κ2) is 6.01. The molecule has 118 valence electrons. The van der Waals surface area contributed by atoms with Gasteiger partial charge in [-0.25, -0.2) is 9.18 Å². The van der Waals surface area contributed by atoms with Gasteiger partial charge in [0.15, 0.2) is 0 Å². The molecule has 2 N–H and O–H groups in total. The van der Waals surface area contributed by atoms with Gasteiger partial charge in [-0.05, 0) is 54.3 Å². The van der Waals surface area contributed by atoms with E-state index in [-0.39, 0.29) is 22.2 Å². The summed E-state index contributed by atoms with van der Waals surface area (Å²) in [4.78, 5) is 23.4. The summed E-state index contributed by atoms with van der Waals surface area (Å²) in [5, 5.41) is 12.1. The van der Waals surface area contributed by atoms with E-state index in [0.717, 1.165) is 23.6 Å². The minimum absolute atomic E-state index is 0.125. The lowest BCUT2D eigenvalue weighted by molar-refractivity contribution is 0.0696. The molecule has 0 aromatic heterocycles. The number of benzene rings is 2. The highest BCUT2D eigenvalue weighted by Gasteiger charge is 2.26. The Morgan fingerprint density at radius 1 is 1.22 bits per heavy atom. The summed E-state index contributed by atoms with van der Waals surface area (Å²) in [5.41, 5.74) is 1.80. The van der Waals surface area contributed by atoms with Crippen LogP contribution in [0.2, 0.25) is 5.02 Å². The second-order valence-corrected chi connectivity index (χ2v) is 5.84. The molecule has 1 aliphatic rings. The van der Waals surface area contributed by atoms with Crippen LogP contribution in [0.3, 0.4) is 0 Å². The van der Waals surface area contributed by atoms with Crippen LogP contribution in [0.5, 0.6) is 0 Å². The van der Waals surface area contributed by atoms with Crippen LogP contribution in [0, 0.1) is 5.82 Å². The van der Waals surface area contributed by atoms with Gasteiger partial charge in [0, 0.05) is 5.02 Å². The van der Waals surface area contributed by atoms with E-state index >= 15 is 0 Å². The molecule has 3 rings (SSSR count). The maximum Gasteiger partial charge on any atom is 0.335 e. The zero-order chi connectivity index (χ0) is 16.6.